The van der Waals surface area contributed by atoms with Gasteiger partial charge in [-0.2, -0.15) is 0 Å². The summed E-state index contributed by atoms with van der Waals surface area (Å²) >= 11 is 1.41. The van der Waals surface area contributed by atoms with Gasteiger partial charge in [0.05, 0.1) is 15.7 Å². The minimum Gasteiger partial charge on any atom is -0.408 e. The summed E-state index contributed by atoms with van der Waals surface area (Å²) in [5.41, 5.74) is 2.98. The Balaban J connectivity index is 1.66. The monoisotopic (exact) mass is 353 g/mol. The minimum atomic E-state index is -0.718. The Morgan fingerprint density at radius 3 is 2.84 bits per heavy atom. The molecule has 2 aromatic carbocycles. The number of benzene rings is 2. The number of oxazole rings is 1. The molecule has 6 nitrogen and oxygen atoms in total. The number of carbonyl (C=O) groups excluding carboxylic acids is 1. The number of carbonyl (C=O) groups is 1. The van der Waals surface area contributed by atoms with Crippen LogP contribution in [-0.4, -0.2) is 15.5 Å². The van der Waals surface area contributed by atoms with Crippen LogP contribution in [-0.2, 0) is 4.79 Å². The lowest BCUT2D eigenvalue weighted by Crippen LogP contribution is -2.29. The van der Waals surface area contributed by atoms with Crippen LogP contribution in [0.3, 0.4) is 0 Å². The molecule has 0 radical (unpaired) electrons. The molecule has 126 valence electrons. The Morgan fingerprint density at radius 2 is 2.04 bits per heavy atom. The average Bonchev–Trinajstić information content (AvgIpc) is 3.14. The van der Waals surface area contributed by atoms with E-state index in [1.807, 2.05) is 25.1 Å². The molecule has 4 rings (SSSR count). The number of nitrogens with one attached hydrogen (secondary N) is 1. The van der Waals surface area contributed by atoms with Crippen molar-refractivity contribution in [2.45, 2.75) is 19.9 Å². The van der Waals surface area contributed by atoms with Crippen LogP contribution in [0.5, 0.6) is 0 Å². The lowest BCUT2D eigenvalue weighted by atomic mass is 10.2. The predicted molar refractivity (Wildman–Crippen MR) is 98.2 cm³/mol. The van der Waals surface area contributed by atoms with Crippen molar-refractivity contribution in [1.82, 2.24) is 9.55 Å². The van der Waals surface area contributed by atoms with Crippen molar-refractivity contribution < 1.29 is 9.21 Å². The summed E-state index contributed by atoms with van der Waals surface area (Å²) in [4.78, 5) is 29.2. The molecule has 4 aromatic rings. The second kappa shape index (κ2) is 5.86. The molecule has 2 aromatic heterocycles. The second-order valence-electron chi connectivity index (χ2n) is 5.81. The molecule has 0 aliphatic carbocycles. The molecule has 0 saturated heterocycles. The molecule has 25 heavy (non-hydrogen) atoms. The smallest absolute Gasteiger partial charge is 0.408 e. The fraction of sp³-hybridized carbons (Fsp3) is 0.167. The Hall–Kier alpha value is -2.93. The van der Waals surface area contributed by atoms with Gasteiger partial charge in [0.2, 0.25) is 5.91 Å². The summed E-state index contributed by atoms with van der Waals surface area (Å²) in [5, 5.41) is 3.32. The zero-order chi connectivity index (χ0) is 17.6. The van der Waals surface area contributed by atoms with Crippen LogP contribution in [0.4, 0.5) is 5.13 Å². The molecule has 0 fully saturated rings. The lowest BCUT2D eigenvalue weighted by Gasteiger charge is -2.11. The molecule has 2 heterocycles. The van der Waals surface area contributed by atoms with E-state index in [2.05, 4.69) is 10.3 Å². The largest absolute Gasteiger partial charge is 0.420 e. The number of aromatic nitrogens is 2. The standard InChI is InChI=1S/C18H15N3O3S/c1-10-6-5-9-14-15(10)19-17(25-14)20-16(22)11(2)21-12-7-3-4-8-13(12)24-18(21)23/h3-9,11H,1-2H3,(H,19,20,22). The quantitative estimate of drug-likeness (QED) is 0.609. The number of rotatable bonds is 3. The maximum atomic E-state index is 12.6. The van der Waals surface area contributed by atoms with Crippen molar-refractivity contribution in [3.8, 4) is 0 Å². The van der Waals surface area contributed by atoms with Gasteiger partial charge in [0.15, 0.2) is 10.7 Å². The highest BCUT2D eigenvalue weighted by Crippen LogP contribution is 2.28. The maximum absolute atomic E-state index is 12.6. The van der Waals surface area contributed by atoms with Crippen molar-refractivity contribution in [3.05, 3.63) is 58.6 Å². The van der Waals surface area contributed by atoms with Gasteiger partial charge in [-0.1, -0.05) is 35.6 Å². The van der Waals surface area contributed by atoms with E-state index < -0.39 is 11.8 Å². The second-order valence-corrected chi connectivity index (χ2v) is 6.84. The molecule has 0 saturated carbocycles. The first-order valence-corrected chi connectivity index (χ1v) is 8.63. The number of fused-ring (bicyclic) bond motifs is 2. The predicted octanol–water partition coefficient (Wildman–Crippen LogP) is 3.71. The number of anilines is 1. The fourth-order valence-corrected chi connectivity index (χ4v) is 3.76. The molecular weight excluding hydrogens is 338 g/mol. The molecule has 1 atom stereocenters. The van der Waals surface area contributed by atoms with E-state index in [0.29, 0.717) is 16.2 Å². The first kappa shape index (κ1) is 15.6. The van der Waals surface area contributed by atoms with Gasteiger partial charge in [-0.15, -0.1) is 0 Å². The van der Waals surface area contributed by atoms with Crippen LogP contribution < -0.4 is 11.1 Å². The molecular formula is C18H15N3O3S. The van der Waals surface area contributed by atoms with E-state index in [4.69, 9.17) is 4.42 Å². The first-order chi connectivity index (χ1) is 12.0. The van der Waals surface area contributed by atoms with E-state index in [0.717, 1.165) is 15.8 Å². The van der Waals surface area contributed by atoms with E-state index in [1.54, 1.807) is 31.2 Å². The number of para-hydroxylation sites is 3. The lowest BCUT2D eigenvalue weighted by molar-refractivity contribution is -0.118. The number of hydrogen-bond acceptors (Lipinski definition) is 5. The summed E-state index contributed by atoms with van der Waals surface area (Å²) in [6, 6.07) is 12.2. The highest BCUT2D eigenvalue weighted by molar-refractivity contribution is 7.22. The fourth-order valence-electron chi connectivity index (χ4n) is 2.82. The average molecular weight is 353 g/mol. The maximum Gasteiger partial charge on any atom is 0.420 e. The van der Waals surface area contributed by atoms with Crippen LogP contribution in [0, 0.1) is 6.92 Å². The highest BCUT2D eigenvalue weighted by atomic mass is 32.1. The Labute approximate surface area is 146 Å². The van der Waals surface area contributed by atoms with Crippen LogP contribution in [0.1, 0.15) is 18.5 Å². The molecule has 1 unspecified atom stereocenters. The van der Waals surface area contributed by atoms with Gasteiger partial charge >= 0.3 is 5.76 Å². The normalized spacial score (nSPS) is 12.6. The summed E-state index contributed by atoms with van der Waals surface area (Å²) in [5.74, 6) is -0.866. The van der Waals surface area contributed by atoms with Crippen molar-refractivity contribution in [3.63, 3.8) is 0 Å². The van der Waals surface area contributed by atoms with E-state index in [9.17, 15) is 9.59 Å². The number of nitrogens with zero attached hydrogens (tertiary/aromatic N) is 2. The Bertz CT molecular complexity index is 1160. The summed E-state index contributed by atoms with van der Waals surface area (Å²) in [6.45, 7) is 3.64. The SMILES string of the molecule is Cc1cccc2sc(NC(=O)C(C)n3c(=O)oc4ccccc43)nc12. The van der Waals surface area contributed by atoms with Gasteiger partial charge < -0.3 is 9.73 Å². The number of amides is 1. The van der Waals surface area contributed by atoms with Gasteiger partial charge in [-0.3, -0.25) is 9.36 Å². The van der Waals surface area contributed by atoms with E-state index in [1.165, 1.54) is 15.9 Å². The third kappa shape index (κ3) is 2.62. The number of thiazole rings is 1. The van der Waals surface area contributed by atoms with Crippen molar-refractivity contribution in [2.75, 3.05) is 5.32 Å². The van der Waals surface area contributed by atoms with Crippen LogP contribution in [0.2, 0.25) is 0 Å². The molecule has 0 aliphatic heterocycles. The van der Waals surface area contributed by atoms with E-state index in [-0.39, 0.29) is 5.91 Å². The number of aryl methyl sites for hydroxylation is 1. The Morgan fingerprint density at radius 1 is 1.24 bits per heavy atom. The van der Waals surface area contributed by atoms with E-state index >= 15 is 0 Å². The minimum absolute atomic E-state index is 0.314. The van der Waals surface area contributed by atoms with Crippen LogP contribution in [0.25, 0.3) is 21.3 Å². The number of hydrogen-bond donors (Lipinski definition) is 1. The molecule has 1 amide bonds. The van der Waals surface area contributed by atoms with Crippen molar-refractivity contribution >= 4 is 43.7 Å². The van der Waals surface area contributed by atoms with Gasteiger partial charge in [-0.25, -0.2) is 9.78 Å². The zero-order valence-corrected chi connectivity index (χ0v) is 14.5. The first-order valence-electron chi connectivity index (χ1n) is 7.81. The Kier molecular flexibility index (Phi) is 3.65. The third-order valence-corrected chi connectivity index (χ3v) is 5.07. The molecule has 0 bridgehead atoms. The third-order valence-electron chi connectivity index (χ3n) is 4.14. The van der Waals surface area contributed by atoms with Gasteiger partial charge in [-0.05, 0) is 37.6 Å². The topological polar surface area (TPSA) is 77.1 Å². The molecule has 0 spiro atoms. The summed E-state index contributed by atoms with van der Waals surface area (Å²) in [7, 11) is 0. The highest BCUT2D eigenvalue weighted by Gasteiger charge is 2.22. The zero-order valence-electron chi connectivity index (χ0n) is 13.6. The van der Waals surface area contributed by atoms with Gasteiger partial charge in [0.1, 0.15) is 6.04 Å². The molecule has 7 heteroatoms. The van der Waals surface area contributed by atoms with Crippen molar-refractivity contribution in [1.29, 1.82) is 0 Å². The van der Waals surface area contributed by atoms with Gasteiger partial charge in [0, 0.05) is 0 Å². The van der Waals surface area contributed by atoms with Crippen molar-refractivity contribution in [2.24, 2.45) is 0 Å². The van der Waals surface area contributed by atoms with Crippen LogP contribution >= 0.6 is 11.3 Å². The summed E-state index contributed by atoms with van der Waals surface area (Å²) in [6.07, 6.45) is 0. The summed E-state index contributed by atoms with van der Waals surface area (Å²) < 4.78 is 7.56. The molecule has 1 N–H and O–H groups in total. The molecule has 0 aliphatic rings. The van der Waals surface area contributed by atoms with Crippen LogP contribution in [0.15, 0.2) is 51.7 Å². The van der Waals surface area contributed by atoms with Gasteiger partial charge in [0.25, 0.3) is 0 Å².